The van der Waals surface area contributed by atoms with Crippen LogP contribution in [-0.2, 0) is 16.1 Å². The number of carbonyl (C=O) groups is 1. The number of non-ortho nitro benzene ring substituents is 1. The summed E-state index contributed by atoms with van der Waals surface area (Å²) in [7, 11) is 0. The van der Waals surface area contributed by atoms with Crippen LogP contribution in [-0.4, -0.2) is 16.8 Å². The van der Waals surface area contributed by atoms with E-state index in [0.717, 1.165) is 5.56 Å². The fourth-order valence-corrected chi connectivity index (χ4v) is 4.40. The molecule has 3 aromatic rings. The lowest BCUT2D eigenvalue weighted by Gasteiger charge is -2.11. The molecule has 1 aliphatic heterocycles. The molecule has 7 nitrogen and oxygen atoms in total. The first-order chi connectivity index (χ1) is 15.4. The van der Waals surface area contributed by atoms with Gasteiger partial charge in [-0.3, -0.25) is 10.1 Å². The van der Waals surface area contributed by atoms with Gasteiger partial charge in [-0.15, -0.1) is 0 Å². The molecule has 0 fully saturated rings. The van der Waals surface area contributed by atoms with Gasteiger partial charge in [-0.2, -0.15) is 0 Å². The number of rotatable bonds is 6. The molecular weight excluding hydrogens is 544 g/mol. The van der Waals surface area contributed by atoms with E-state index in [2.05, 4.69) is 36.9 Å². The SMILES string of the molecule is O=C1OC(c2ccc([N+](=O)[O-])cc2)=N/C1=C\c1cc(Br)c(OCc2ccccc2)c(Br)c1. The van der Waals surface area contributed by atoms with Crippen LogP contribution >= 0.6 is 31.9 Å². The fraction of sp³-hybridized carbons (Fsp3) is 0.0435. The lowest BCUT2D eigenvalue weighted by molar-refractivity contribution is -0.384. The number of cyclic esters (lactones) is 1. The second-order valence-electron chi connectivity index (χ2n) is 6.73. The number of carbonyl (C=O) groups excluding carboxylic acids is 1. The Labute approximate surface area is 199 Å². The Morgan fingerprint density at radius 1 is 1.03 bits per heavy atom. The molecule has 1 heterocycles. The van der Waals surface area contributed by atoms with Crippen LogP contribution < -0.4 is 4.74 Å². The van der Waals surface area contributed by atoms with Gasteiger partial charge in [-0.25, -0.2) is 9.79 Å². The molecule has 0 atom stereocenters. The van der Waals surface area contributed by atoms with Crippen molar-refractivity contribution in [3.8, 4) is 5.75 Å². The Bertz CT molecular complexity index is 1230. The van der Waals surface area contributed by atoms with E-state index in [1.54, 1.807) is 6.08 Å². The number of esters is 1. The minimum Gasteiger partial charge on any atom is -0.487 e. The zero-order chi connectivity index (χ0) is 22.7. The van der Waals surface area contributed by atoms with Crippen molar-refractivity contribution in [2.45, 2.75) is 6.61 Å². The van der Waals surface area contributed by atoms with Crippen LogP contribution in [0.2, 0.25) is 0 Å². The zero-order valence-electron chi connectivity index (χ0n) is 16.3. The van der Waals surface area contributed by atoms with E-state index >= 15 is 0 Å². The second-order valence-corrected chi connectivity index (χ2v) is 8.44. The number of benzene rings is 3. The molecule has 3 aromatic carbocycles. The number of ether oxygens (including phenoxy) is 2. The molecule has 0 bridgehead atoms. The molecule has 0 N–H and O–H groups in total. The maximum absolute atomic E-state index is 12.3. The van der Waals surface area contributed by atoms with Crippen molar-refractivity contribution in [1.82, 2.24) is 0 Å². The standard InChI is InChI=1S/C23H14Br2N2O5/c24-18-10-15(11-19(25)21(18)31-13-14-4-2-1-3-5-14)12-20-23(28)32-22(26-20)16-6-8-17(9-7-16)27(29)30/h1-12H,13H2/b20-12-. The summed E-state index contributed by atoms with van der Waals surface area (Å²) in [5.74, 6) is 0.132. The summed E-state index contributed by atoms with van der Waals surface area (Å²) < 4.78 is 12.6. The number of nitro groups is 1. The number of halogens is 2. The summed E-state index contributed by atoms with van der Waals surface area (Å²) in [4.78, 5) is 26.8. The lowest BCUT2D eigenvalue weighted by Crippen LogP contribution is -2.05. The first kappa shape index (κ1) is 21.9. The highest BCUT2D eigenvalue weighted by molar-refractivity contribution is 9.11. The van der Waals surface area contributed by atoms with Gasteiger partial charge in [-0.1, -0.05) is 30.3 Å². The van der Waals surface area contributed by atoms with Crippen molar-refractivity contribution in [3.63, 3.8) is 0 Å². The van der Waals surface area contributed by atoms with E-state index in [-0.39, 0.29) is 17.3 Å². The third-order valence-corrected chi connectivity index (χ3v) is 5.67. The van der Waals surface area contributed by atoms with E-state index in [9.17, 15) is 14.9 Å². The maximum atomic E-state index is 12.3. The molecule has 0 amide bonds. The maximum Gasteiger partial charge on any atom is 0.363 e. The van der Waals surface area contributed by atoms with Gasteiger partial charge in [-0.05, 0) is 73.3 Å². The van der Waals surface area contributed by atoms with Crippen LogP contribution in [0.15, 0.2) is 86.4 Å². The topological polar surface area (TPSA) is 91.0 Å². The van der Waals surface area contributed by atoms with Gasteiger partial charge in [0.25, 0.3) is 5.69 Å². The van der Waals surface area contributed by atoms with Crippen LogP contribution in [0.4, 0.5) is 5.69 Å². The molecule has 9 heteroatoms. The number of hydrogen-bond donors (Lipinski definition) is 0. The number of nitrogens with zero attached hydrogens (tertiary/aromatic N) is 2. The van der Waals surface area contributed by atoms with Crippen LogP contribution in [0.1, 0.15) is 16.7 Å². The minimum atomic E-state index is -0.602. The molecule has 0 saturated carbocycles. The van der Waals surface area contributed by atoms with Crippen molar-refractivity contribution in [2.75, 3.05) is 0 Å². The van der Waals surface area contributed by atoms with Gasteiger partial charge in [0.2, 0.25) is 5.90 Å². The predicted octanol–water partition coefficient (Wildman–Crippen LogP) is 6.04. The molecule has 0 unspecified atom stereocenters. The second kappa shape index (κ2) is 9.46. The number of hydrogen-bond acceptors (Lipinski definition) is 6. The van der Waals surface area contributed by atoms with E-state index < -0.39 is 10.9 Å². The fourth-order valence-electron chi connectivity index (χ4n) is 2.95. The first-order valence-corrected chi connectivity index (χ1v) is 10.9. The van der Waals surface area contributed by atoms with E-state index in [4.69, 9.17) is 9.47 Å². The Balaban J connectivity index is 1.55. The average molecular weight is 558 g/mol. The Morgan fingerprint density at radius 3 is 2.31 bits per heavy atom. The van der Waals surface area contributed by atoms with Gasteiger partial charge in [0.05, 0.1) is 13.9 Å². The first-order valence-electron chi connectivity index (χ1n) is 9.34. The molecule has 4 rings (SSSR count). The Kier molecular flexibility index (Phi) is 6.48. The summed E-state index contributed by atoms with van der Waals surface area (Å²) in [5.41, 5.74) is 2.28. The van der Waals surface area contributed by atoms with Gasteiger partial charge in [0.15, 0.2) is 5.70 Å². The van der Waals surface area contributed by atoms with Gasteiger partial charge in [0, 0.05) is 17.7 Å². The molecule has 0 aromatic heterocycles. The third-order valence-electron chi connectivity index (χ3n) is 4.50. The van der Waals surface area contributed by atoms with Crippen LogP contribution in [0, 0.1) is 10.1 Å². The highest BCUT2D eigenvalue weighted by Crippen LogP contribution is 2.36. The normalized spacial score (nSPS) is 14.2. The molecule has 0 aliphatic carbocycles. The highest BCUT2D eigenvalue weighted by atomic mass is 79.9. The molecule has 32 heavy (non-hydrogen) atoms. The van der Waals surface area contributed by atoms with Crippen molar-refractivity contribution in [3.05, 3.63) is 108 Å². The average Bonchev–Trinajstić information content (AvgIpc) is 3.14. The summed E-state index contributed by atoms with van der Waals surface area (Å²) in [5, 5.41) is 10.8. The quantitative estimate of drug-likeness (QED) is 0.159. The smallest absolute Gasteiger partial charge is 0.363 e. The Morgan fingerprint density at radius 2 is 1.69 bits per heavy atom. The van der Waals surface area contributed by atoms with Crippen LogP contribution in [0.3, 0.4) is 0 Å². The summed E-state index contributed by atoms with van der Waals surface area (Å²) >= 11 is 7.02. The molecule has 1 aliphatic rings. The lowest BCUT2D eigenvalue weighted by atomic mass is 10.2. The Hall–Kier alpha value is -3.30. The van der Waals surface area contributed by atoms with Crippen molar-refractivity contribution < 1.29 is 19.2 Å². The summed E-state index contributed by atoms with van der Waals surface area (Å²) in [6.45, 7) is 0.410. The molecule has 160 valence electrons. The molecular formula is C23H14Br2N2O5. The van der Waals surface area contributed by atoms with Crippen molar-refractivity contribution in [2.24, 2.45) is 4.99 Å². The van der Waals surface area contributed by atoms with E-state index in [1.165, 1.54) is 24.3 Å². The van der Waals surface area contributed by atoms with E-state index in [0.29, 0.717) is 32.4 Å². The van der Waals surface area contributed by atoms with Crippen LogP contribution in [0.5, 0.6) is 5.75 Å². The predicted molar refractivity (Wildman–Crippen MR) is 126 cm³/mol. The van der Waals surface area contributed by atoms with Gasteiger partial charge in [0.1, 0.15) is 12.4 Å². The molecule has 0 spiro atoms. The number of nitro benzene ring substituents is 1. The van der Waals surface area contributed by atoms with Crippen LogP contribution in [0.25, 0.3) is 6.08 Å². The largest absolute Gasteiger partial charge is 0.487 e. The third kappa shape index (κ3) is 4.95. The summed E-state index contributed by atoms with van der Waals surface area (Å²) in [6, 6.07) is 19.1. The minimum absolute atomic E-state index is 0.0567. The number of aliphatic imine (C=N–C) groups is 1. The van der Waals surface area contributed by atoms with Gasteiger partial charge < -0.3 is 9.47 Å². The molecule has 0 saturated heterocycles. The van der Waals surface area contributed by atoms with Crippen molar-refractivity contribution >= 4 is 55.5 Å². The highest BCUT2D eigenvalue weighted by Gasteiger charge is 2.25. The van der Waals surface area contributed by atoms with Crippen molar-refractivity contribution in [1.29, 1.82) is 0 Å². The van der Waals surface area contributed by atoms with Gasteiger partial charge >= 0.3 is 5.97 Å². The zero-order valence-corrected chi connectivity index (χ0v) is 19.5. The summed E-state index contributed by atoms with van der Waals surface area (Å²) in [6.07, 6.45) is 1.59. The van der Waals surface area contributed by atoms with E-state index in [1.807, 2.05) is 42.5 Å². The monoisotopic (exact) mass is 556 g/mol. The molecule has 0 radical (unpaired) electrons.